The summed E-state index contributed by atoms with van der Waals surface area (Å²) in [6.07, 6.45) is 3.37. The molecular weight excluding hydrogens is 248 g/mol. The lowest BCUT2D eigenvalue weighted by Gasteiger charge is -2.22. The predicted octanol–water partition coefficient (Wildman–Crippen LogP) is 1.23. The standard InChI is InChI=1S/C12H16N4O3/c1-2-7-10-9(11(17)14-12(13)19-10)16(15-7)8-5-3-4-6-18-8/h8H,2-6H2,1H3,(H2,13,14,17). The third-order valence-electron chi connectivity index (χ3n) is 3.32. The summed E-state index contributed by atoms with van der Waals surface area (Å²) in [6.45, 7) is 2.63. The van der Waals surface area contributed by atoms with Gasteiger partial charge in [-0.25, -0.2) is 4.68 Å². The van der Waals surface area contributed by atoms with Gasteiger partial charge in [-0.3, -0.25) is 4.79 Å². The number of fused-ring (bicyclic) bond motifs is 1. The van der Waals surface area contributed by atoms with Gasteiger partial charge >= 0.3 is 5.56 Å². The molecule has 3 heterocycles. The van der Waals surface area contributed by atoms with Crippen molar-refractivity contribution in [2.75, 3.05) is 12.3 Å². The molecule has 2 N–H and O–H groups in total. The Hall–Kier alpha value is -1.89. The summed E-state index contributed by atoms with van der Waals surface area (Å²) in [5.74, 6) is 0. The summed E-state index contributed by atoms with van der Waals surface area (Å²) in [4.78, 5) is 15.7. The van der Waals surface area contributed by atoms with Gasteiger partial charge in [-0.2, -0.15) is 10.1 Å². The number of nitrogen functional groups attached to an aromatic ring is 1. The number of anilines is 1. The summed E-state index contributed by atoms with van der Waals surface area (Å²) < 4.78 is 12.6. The summed E-state index contributed by atoms with van der Waals surface area (Å²) in [7, 11) is 0. The van der Waals surface area contributed by atoms with Crippen molar-refractivity contribution in [1.82, 2.24) is 14.8 Å². The second-order valence-electron chi connectivity index (χ2n) is 4.60. The van der Waals surface area contributed by atoms with Gasteiger partial charge in [-0.1, -0.05) is 6.92 Å². The van der Waals surface area contributed by atoms with E-state index in [2.05, 4.69) is 10.1 Å². The van der Waals surface area contributed by atoms with Crippen LogP contribution in [0.2, 0.25) is 0 Å². The molecule has 1 fully saturated rings. The number of ether oxygens (including phenoxy) is 1. The normalized spacial score (nSPS) is 19.9. The maximum Gasteiger partial charge on any atom is 0.303 e. The van der Waals surface area contributed by atoms with E-state index in [1.54, 1.807) is 4.68 Å². The maximum atomic E-state index is 12.0. The maximum absolute atomic E-state index is 12.0. The zero-order valence-electron chi connectivity index (χ0n) is 10.8. The summed E-state index contributed by atoms with van der Waals surface area (Å²) in [6, 6.07) is -0.128. The van der Waals surface area contributed by atoms with Crippen LogP contribution in [-0.4, -0.2) is 21.4 Å². The van der Waals surface area contributed by atoms with Crippen LogP contribution in [0, 0.1) is 0 Å². The molecule has 0 aromatic carbocycles. The van der Waals surface area contributed by atoms with E-state index in [4.69, 9.17) is 14.9 Å². The largest absolute Gasteiger partial charge is 0.421 e. The Morgan fingerprint density at radius 2 is 2.32 bits per heavy atom. The van der Waals surface area contributed by atoms with Gasteiger partial charge in [0.05, 0.1) is 0 Å². The highest BCUT2D eigenvalue weighted by atomic mass is 16.5. The number of aryl methyl sites for hydroxylation is 1. The van der Waals surface area contributed by atoms with Crippen LogP contribution >= 0.6 is 0 Å². The summed E-state index contributed by atoms with van der Waals surface area (Å²) >= 11 is 0. The Bertz CT molecular complexity index is 655. The third-order valence-corrected chi connectivity index (χ3v) is 3.32. The van der Waals surface area contributed by atoms with Crippen LogP contribution < -0.4 is 11.3 Å². The van der Waals surface area contributed by atoms with Crippen LogP contribution in [0.3, 0.4) is 0 Å². The zero-order chi connectivity index (χ0) is 13.4. The molecule has 102 valence electrons. The van der Waals surface area contributed by atoms with Gasteiger partial charge in [-0.05, 0) is 25.7 Å². The molecule has 0 amide bonds. The third kappa shape index (κ3) is 1.99. The molecule has 0 spiro atoms. The lowest BCUT2D eigenvalue weighted by atomic mass is 10.2. The quantitative estimate of drug-likeness (QED) is 0.876. The Morgan fingerprint density at radius 3 is 3.00 bits per heavy atom. The fraction of sp³-hybridized carbons (Fsp3) is 0.583. The number of rotatable bonds is 2. The molecule has 2 aromatic rings. The average molecular weight is 264 g/mol. The van der Waals surface area contributed by atoms with Crippen LogP contribution in [0.5, 0.6) is 0 Å². The van der Waals surface area contributed by atoms with Crippen molar-refractivity contribution >= 4 is 17.1 Å². The molecule has 1 aliphatic rings. The van der Waals surface area contributed by atoms with Gasteiger partial charge in [0.2, 0.25) is 0 Å². The van der Waals surface area contributed by atoms with Crippen molar-refractivity contribution in [3.63, 3.8) is 0 Å². The molecule has 0 bridgehead atoms. The molecule has 0 aliphatic carbocycles. The van der Waals surface area contributed by atoms with Crippen LogP contribution in [-0.2, 0) is 11.2 Å². The molecular formula is C12H16N4O3. The van der Waals surface area contributed by atoms with Gasteiger partial charge in [0, 0.05) is 6.61 Å². The van der Waals surface area contributed by atoms with E-state index < -0.39 is 5.56 Å². The second kappa shape index (κ2) is 4.65. The molecule has 0 saturated carbocycles. The monoisotopic (exact) mass is 264 g/mol. The number of nitrogens with zero attached hydrogens (tertiary/aromatic N) is 3. The lowest BCUT2D eigenvalue weighted by molar-refractivity contribution is -0.0370. The van der Waals surface area contributed by atoms with Crippen LogP contribution in [0.1, 0.15) is 38.1 Å². The number of aromatic nitrogens is 3. The van der Waals surface area contributed by atoms with Crippen molar-refractivity contribution in [1.29, 1.82) is 0 Å². The van der Waals surface area contributed by atoms with Crippen LogP contribution in [0.15, 0.2) is 9.21 Å². The molecule has 3 rings (SSSR count). The first-order chi connectivity index (χ1) is 9.20. The number of hydrogen-bond acceptors (Lipinski definition) is 6. The van der Waals surface area contributed by atoms with E-state index in [0.29, 0.717) is 29.8 Å². The summed E-state index contributed by atoms with van der Waals surface area (Å²) in [5, 5.41) is 4.44. The Labute approximate surface area is 109 Å². The van der Waals surface area contributed by atoms with E-state index >= 15 is 0 Å². The molecule has 2 aromatic heterocycles. The molecule has 0 radical (unpaired) electrons. The molecule has 1 atom stereocenters. The average Bonchev–Trinajstić information content (AvgIpc) is 2.78. The van der Waals surface area contributed by atoms with Gasteiger partial charge < -0.3 is 14.9 Å². The summed E-state index contributed by atoms with van der Waals surface area (Å²) in [5.41, 5.74) is 6.55. The first-order valence-electron chi connectivity index (χ1n) is 6.50. The van der Waals surface area contributed by atoms with Gasteiger partial charge in [0.1, 0.15) is 5.69 Å². The van der Waals surface area contributed by atoms with Crippen molar-refractivity contribution in [2.45, 2.75) is 38.8 Å². The van der Waals surface area contributed by atoms with E-state index in [-0.39, 0.29) is 12.2 Å². The molecule has 7 nitrogen and oxygen atoms in total. The molecule has 1 saturated heterocycles. The van der Waals surface area contributed by atoms with Crippen LogP contribution in [0.4, 0.5) is 6.01 Å². The Morgan fingerprint density at radius 1 is 1.47 bits per heavy atom. The van der Waals surface area contributed by atoms with Gasteiger partial charge in [0.25, 0.3) is 6.01 Å². The van der Waals surface area contributed by atoms with Crippen molar-refractivity contribution in [3.05, 3.63) is 16.0 Å². The van der Waals surface area contributed by atoms with E-state index in [0.717, 1.165) is 19.3 Å². The first kappa shape index (κ1) is 12.2. The minimum absolute atomic E-state index is 0.128. The Kier molecular flexibility index (Phi) is 2.98. The fourth-order valence-electron chi connectivity index (χ4n) is 2.41. The van der Waals surface area contributed by atoms with E-state index in [9.17, 15) is 4.79 Å². The molecule has 7 heteroatoms. The Balaban J connectivity index is 2.21. The lowest BCUT2D eigenvalue weighted by Crippen LogP contribution is -2.22. The SMILES string of the molecule is CCc1nn(C2CCCCO2)c2c(=O)nc(N)oc12. The van der Waals surface area contributed by atoms with Gasteiger partial charge in [0.15, 0.2) is 17.3 Å². The molecule has 19 heavy (non-hydrogen) atoms. The molecule has 1 unspecified atom stereocenters. The minimum atomic E-state index is -0.417. The van der Waals surface area contributed by atoms with Crippen molar-refractivity contribution < 1.29 is 9.15 Å². The highest BCUT2D eigenvalue weighted by Crippen LogP contribution is 2.27. The van der Waals surface area contributed by atoms with E-state index in [1.165, 1.54) is 0 Å². The predicted molar refractivity (Wildman–Crippen MR) is 68.7 cm³/mol. The second-order valence-corrected chi connectivity index (χ2v) is 4.60. The van der Waals surface area contributed by atoms with Gasteiger partial charge in [-0.15, -0.1) is 0 Å². The number of nitrogens with two attached hydrogens (primary N) is 1. The number of hydrogen-bond donors (Lipinski definition) is 1. The minimum Gasteiger partial charge on any atom is -0.421 e. The highest BCUT2D eigenvalue weighted by Gasteiger charge is 2.24. The topological polar surface area (TPSA) is 96.2 Å². The van der Waals surface area contributed by atoms with E-state index in [1.807, 2.05) is 6.92 Å². The van der Waals surface area contributed by atoms with Crippen molar-refractivity contribution in [3.8, 4) is 0 Å². The first-order valence-corrected chi connectivity index (χ1v) is 6.50. The smallest absolute Gasteiger partial charge is 0.303 e. The molecule has 1 aliphatic heterocycles. The highest BCUT2D eigenvalue weighted by molar-refractivity contribution is 5.75. The fourth-order valence-corrected chi connectivity index (χ4v) is 2.41. The van der Waals surface area contributed by atoms with Crippen molar-refractivity contribution in [2.24, 2.45) is 0 Å². The van der Waals surface area contributed by atoms with Crippen LogP contribution in [0.25, 0.3) is 11.1 Å². The zero-order valence-corrected chi connectivity index (χ0v) is 10.8.